The summed E-state index contributed by atoms with van der Waals surface area (Å²) in [5, 5.41) is 13.1. The molecule has 1 saturated heterocycles. The van der Waals surface area contributed by atoms with Crippen molar-refractivity contribution in [3.63, 3.8) is 0 Å². The van der Waals surface area contributed by atoms with E-state index in [9.17, 15) is 14.7 Å². The summed E-state index contributed by atoms with van der Waals surface area (Å²) < 4.78 is 5.28. The molecule has 1 amide bonds. The molecule has 176 valence electrons. The highest BCUT2D eigenvalue weighted by Gasteiger charge is 2.46. The number of methoxy groups -OCH3 is 1. The number of aromatic nitrogens is 1. The van der Waals surface area contributed by atoms with E-state index in [4.69, 9.17) is 4.74 Å². The number of fused-ring (bicyclic) bond motifs is 1. The Morgan fingerprint density at radius 2 is 1.79 bits per heavy atom. The lowest BCUT2D eigenvalue weighted by Crippen LogP contribution is -2.38. The fourth-order valence-corrected chi connectivity index (χ4v) is 4.40. The summed E-state index contributed by atoms with van der Waals surface area (Å²) in [5.74, 6) is -0.770. The first-order chi connectivity index (χ1) is 16.5. The molecule has 34 heavy (non-hydrogen) atoms. The third-order valence-electron chi connectivity index (χ3n) is 6.38. The lowest BCUT2D eigenvalue weighted by molar-refractivity contribution is -0.140. The van der Waals surface area contributed by atoms with Gasteiger partial charge in [-0.2, -0.15) is 0 Å². The Labute approximate surface area is 199 Å². The van der Waals surface area contributed by atoms with Gasteiger partial charge < -0.3 is 19.6 Å². The van der Waals surface area contributed by atoms with Gasteiger partial charge in [0, 0.05) is 24.8 Å². The molecule has 0 aliphatic carbocycles. The van der Waals surface area contributed by atoms with Crippen LogP contribution in [0.1, 0.15) is 31.1 Å². The van der Waals surface area contributed by atoms with Crippen LogP contribution in [-0.2, 0) is 9.59 Å². The van der Waals surface area contributed by atoms with Gasteiger partial charge in [-0.25, -0.2) is 0 Å². The number of carbonyl (C=O) groups excluding carboxylic acids is 2. The van der Waals surface area contributed by atoms with Crippen molar-refractivity contribution in [3.05, 3.63) is 77.6 Å². The molecule has 1 aliphatic rings. The second-order valence-electron chi connectivity index (χ2n) is 8.20. The predicted molar refractivity (Wildman–Crippen MR) is 132 cm³/mol. The van der Waals surface area contributed by atoms with Gasteiger partial charge in [-0.05, 0) is 54.2 Å². The summed E-state index contributed by atoms with van der Waals surface area (Å²) >= 11 is 0. The summed E-state index contributed by atoms with van der Waals surface area (Å²) in [6.45, 7) is 6.79. The van der Waals surface area contributed by atoms with Crippen LogP contribution in [0.2, 0.25) is 0 Å². The van der Waals surface area contributed by atoms with Gasteiger partial charge in [-0.1, -0.05) is 38.1 Å². The third-order valence-corrected chi connectivity index (χ3v) is 6.38. The van der Waals surface area contributed by atoms with E-state index in [1.54, 1.807) is 31.5 Å². The molecule has 1 aliphatic heterocycles. The van der Waals surface area contributed by atoms with E-state index < -0.39 is 17.7 Å². The first-order valence-corrected chi connectivity index (χ1v) is 11.5. The van der Waals surface area contributed by atoms with Crippen LogP contribution in [0.15, 0.2) is 66.4 Å². The van der Waals surface area contributed by atoms with Gasteiger partial charge >= 0.3 is 0 Å². The number of likely N-dealkylation sites (N-methyl/N-ethyl adjacent to an activating group) is 1. The Kier molecular flexibility index (Phi) is 6.93. The van der Waals surface area contributed by atoms with Gasteiger partial charge in [0.15, 0.2) is 0 Å². The molecule has 7 nitrogen and oxygen atoms in total. The highest BCUT2D eigenvalue weighted by atomic mass is 16.5. The Bertz CT molecular complexity index is 1240. The first kappa shape index (κ1) is 23.4. The van der Waals surface area contributed by atoms with E-state index in [0.29, 0.717) is 24.3 Å². The number of carbonyl (C=O) groups is 2. The lowest BCUT2D eigenvalue weighted by Gasteiger charge is -2.27. The smallest absolute Gasteiger partial charge is 0.295 e. The Morgan fingerprint density at radius 1 is 1.06 bits per heavy atom. The zero-order chi connectivity index (χ0) is 24.2. The molecule has 4 rings (SSSR count). The number of rotatable bonds is 8. The Balaban J connectivity index is 1.79. The number of benzene rings is 2. The predicted octanol–water partition coefficient (Wildman–Crippen LogP) is 4.01. The minimum atomic E-state index is -0.747. The zero-order valence-electron chi connectivity index (χ0n) is 19.7. The molecule has 0 saturated carbocycles. The molecule has 3 aromatic rings. The van der Waals surface area contributed by atoms with Gasteiger partial charge in [0.25, 0.3) is 11.7 Å². The number of nitrogens with zero attached hydrogens (tertiary/aromatic N) is 3. The van der Waals surface area contributed by atoms with E-state index in [0.717, 1.165) is 29.6 Å². The minimum Gasteiger partial charge on any atom is -0.507 e. The van der Waals surface area contributed by atoms with Crippen LogP contribution in [0.4, 0.5) is 0 Å². The number of amides is 1. The Hall–Kier alpha value is -3.71. The van der Waals surface area contributed by atoms with Crippen LogP contribution in [0, 0.1) is 0 Å². The van der Waals surface area contributed by atoms with Crippen molar-refractivity contribution in [2.45, 2.75) is 19.9 Å². The average molecular weight is 460 g/mol. The van der Waals surface area contributed by atoms with Crippen molar-refractivity contribution in [2.75, 3.05) is 33.3 Å². The monoisotopic (exact) mass is 459 g/mol. The van der Waals surface area contributed by atoms with Gasteiger partial charge in [-0.3, -0.25) is 14.6 Å². The molecular formula is C27H29N3O4. The van der Waals surface area contributed by atoms with E-state index in [-0.39, 0.29) is 11.3 Å². The first-order valence-electron chi connectivity index (χ1n) is 11.5. The van der Waals surface area contributed by atoms with Crippen LogP contribution in [0.25, 0.3) is 16.5 Å². The van der Waals surface area contributed by atoms with Crippen LogP contribution in [0.3, 0.4) is 0 Å². The molecule has 1 N–H and O–H groups in total. The standard InChI is InChI=1S/C27H29N3O4/c1-4-29(5-2)14-15-30-24(22-8-6-7-13-28-22)23(26(32)27(30)33)25(31)20-10-9-19-17-21(34-3)12-11-18(19)16-20/h6-13,16-17,24,31H,4-5,14-15H2,1-3H3/b25-23+. The molecule has 0 radical (unpaired) electrons. The quantitative estimate of drug-likeness (QED) is 0.311. The van der Waals surface area contributed by atoms with Crippen molar-refractivity contribution in [3.8, 4) is 5.75 Å². The van der Waals surface area contributed by atoms with E-state index >= 15 is 0 Å². The topological polar surface area (TPSA) is 83.0 Å². The number of hydrogen-bond donors (Lipinski definition) is 1. The number of hydrogen-bond acceptors (Lipinski definition) is 6. The summed E-state index contributed by atoms with van der Waals surface area (Å²) in [7, 11) is 1.61. The maximum atomic E-state index is 13.2. The summed E-state index contributed by atoms with van der Waals surface area (Å²) in [6, 6.07) is 15.7. The van der Waals surface area contributed by atoms with E-state index in [2.05, 4.69) is 23.7 Å². The van der Waals surface area contributed by atoms with Gasteiger partial charge in [0.1, 0.15) is 17.6 Å². The van der Waals surface area contributed by atoms with Crippen LogP contribution in [0.5, 0.6) is 5.75 Å². The number of aliphatic hydroxyl groups excluding tert-OH is 1. The van der Waals surface area contributed by atoms with Gasteiger partial charge in [-0.15, -0.1) is 0 Å². The summed E-state index contributed by atoms with van der Waals surface area (Å²) in [4.78, 5) is 34.4. The maximum Gasteiger partial charge on any atom is 0.295 e. The van der Waals surface area contributed by atoms with Gasteiger partial charge in [0.05, 0.1) is 18.4 Å². The maximum absolute atomic E-state index is 13.2. The lowest BCUT2D eigenvalue weighted by atomic mass is 9.97. The van der Waals surface area contributed by atoms with Crippen molar-refractivity contribution in [2.24, 2.45) is 0 Å². The molecule has 1 unspecified atom stereocenters. The largest absolute Gasteiger partial charge is 0.507 e. The second-order valence-corrected chi connectivity index (χ2v) is 8.20. The van der Waals surface area contributed by atoms with Crippen molar-refractivity contribution in [1.82, 2.24) is 14.8 Å². The highest BCUT2D eigenvalue weighted by Crippen LogP contribution is 2.39. The zero-order valence-corrected chi connectivity index (χ0v) is 19.7. The molecule has 7 heteroatoms. The van der Waals surface area contributed by atoms with Gasteiger partial charge in [0.2, 0.25) is 0 Å². The molecule has 0 spiro atoms. The fourth-order valence-electron chi connectivity index (χ4n) is 4.40. The molecule has 1 fully saturated rings. The number of pyridine rings is 1. The summed E-state index contributed by atoms with van der Waals surface area (Å²) in [5.41, 5.74) is 1.09. The molecule has 1 aromatic heterocycles. The fraction of sp³-hybridized carbons (Fsp3) is 0.296. The van der Waals surface area contributed by atoms with Crippen molar-refractivity contribution >= 4 is 28.2 Å². The van der Waals surface area contributed by atoms with Crippen molar-refractivity contribution in [1.29, 1.82) is 0 Å². The van der Waals surface area contributed by atoms with E-state index in [1.807, 2.05) is 36.4 Å². The number of Topliss-reactive ketones (excluding diaryl/α,β-unsaturated/α-hetero) is 1. The molecule has 2 heterocycles. The molecule has 0 bridgehead atoms. The van der Waals surface area contributed by atoms with E-state index in [1.165, 1.54) is 4.90 Å². The second kappa shape index (κ2) is 10.1. The minimum absolute atomic E-state index is 0.0658. The average Bonchev–Trinajstić information content (AvgIpc) is 3.13. The number of ether oxygens (including phenoxy) is 1. The number of ketones is 1. The molecule has 1 atom stereocenters. The third kappa shape index (κ3) is 4.39. The highest BCUT2D eigenvalue weighted by molar-refractivity contribution is 6.46. The molecular weight excluding hydrogens is 430 g/mol. The molecule has 2 aromatic carbocycles. The van der Waals surface area contributed by atoms with Crippen LogP contribution < -0.4 is 4.74 Å². The Morgan fingerprint density at radius 3 is 2.47 bits per heavy atom. The normalized spacial score (nSPS) is 17.6. The number of aliphatic hydroxyl groups is 1. The number of likely N-dealkylation sites (tertiary alicyclic amines) is 1. The van der Waals surface area contributed by atoms with Crippen molar-refractivity contribution < 1.29 is 19.4 Å². The van der Waals surface area contributed by atoms with Crippen LogP contribution in [-0.4, -0.2) is 64.9 Å². The summed E-state index contributed by atoms with van der Waals surface area (Å²) in [6.07, 6.45) is 1.63. The van der Waals surface area contributed by atoms with Crippen LogP contribution >= 0.6 is 0 Å². The SMILES string of the molecule is CCN(CC)CCN1C(=O)C(=O)/C(=C(/O)c2ccc3cc(OC)ccc3c2)C1c1ccccn1.